The molecule has 1 aromatic carbocycles. The first-order valence-corrected chi connectivity index (χ1v) is 5.03. The first-order valence-electron chi connectivity index (χ1n) is 5.03. The molecule has 3 heteroatoms. The molecule has 0 radical (unpaired) electrons. The second kappa shape index (κ2) is 4.94. The van der Waals surface area contributed by atoms with Crippen molar-refractivity contribution in [2.75, 3.05) is 7.05 Å². The largest absolute Gasteiger partial charge is 0.378 e. The van der Waals surface area contributed by atoms with Gasteiger partial charge in [-0.3, -0.25) is 4.79 Å². The van der Waals surface area contributed by atoms with Gasteiger partial charge >= 0.3 is 0 Å². The third kappa shape index (κ3) is 2.80. The van der Waals surface area contributed by atoms with Gasteiger partial charge in [-0.2, -0.15) is 0 Å². The van der Waals surface area contributed by atoms with Gasteiger partial charge in [0.05, 0.1) is 0 Å². The average Bonchev–Trinajstić information content (AvgIpc) is 2.27. The van der Waals surface area contributed by atoms with Crippen molar-refractivity contribution in [1.29, 1.82) is 0 Å². The van der Waals surface area contributed by atoms with Gasteiger partial charge in [-0.25, -0.2) is 0 Å². The molecule has 1 rings (SSSR count). The number of likely N-dealkylation sites (N-methyl/N-ethyl adjacent to an activating group) is 1. The van der Waals surface area contributed by atoms with Gasteiger partial charge in [0, 0.05) is 13.1 Å². The van der Waals surface area contributed by atoms with Crippen LogP contribution in [0.1, 0.15) is 25.5 Å². The monoisotopic (exact) mass is 207 g/mol. The topological polar surface area (TPSA) is 40.5 Å². The maximum atomic E-state index is 11.8. The van der Waals surface area contributed by atoms with E-state index in [2.05, 4.69) is 0 Å². The van der Waals surface area contributed by atoms with Gasteiger partial charge in [0.25, 0.3) is 5.91 Å². The minimum Gasteiger partial charge on any atom is -0.378 e. The highest BCUT2D eigenvalue weighted by Gasteiger charge is 2.22. The number of amides is 1. The van der Waals surface area contributed by atoms with Gasteiger partial charge in [-0.15, -0.1) is 0 Å². The normalized spacial score (nSPS) is 12.6. The molecule has 0 saturated heterocycles. The second-order valence-corrected chi connectivity index (χ2v) is 3.86. The highest BCUT2D eigenvalue weighted by Crippen LogP contribution is 2.15. The molecule has 0 aromatic heterocycles. The number of hydrogen-bond donors (Lipinski definition) is 1. The number of rotatable bonds is 3. The SMILES string of the molecule is CC(C)N(C)C(=O)C(O)c1ccccc1. The molecule has 1 atom stereocenters. The number of aliphatic hydroxyl groups is 1. The summed E-state index contributed by atoms with van der Waals surface area (Å²) < 4.78 is 0. The maximum Gasteiger partial charge on any atom is 0.256 e. The summed E-state index contributed by atoms with van der Waals surface area (Å²) in [6, 6.07) is 9.05. The van der Waals surface area contributed by atoms with Crippen molar-refractivity contribution in [1.82, 2.24) is 4.90 Å². The van der Waals surface area contributed by atoms with Crippen LogP contribution >= 0.6 is 0 Å². The van der Waals surface area contributed by atoms with Gasteiger partial charge in [0.1, 0.15) is 0 Å². The van der Waals surface area contributed by atoms with Gasteiger partial charge < -0.3 is 10.0 Å². The van der Waals surface area contributed by atoms with Crippen LogP contribution in [0.25, 0.3) is 0 Å². The molecule has 1 aromatic rings. The molecule has 0 saturated carbocycles. The summed E-state index contributed by atoms with van der Waals surface area (Å²) in [6.07, 6.45) is -1.06. The zero-order valence-corrected chi connectivity index (χ0v) is 9.34. The average molecular weight is 207 g/mol. The zero-order chi connectivity index (χ0) is 11.4. The Labute approximate surface area is 90.3 Å². The van der Waals surface area contributed by atoms with E-state index in [0.717, 1.165) is 0 Å². The maximum absolute atomic E-state index is 11.8. The van der Waals surface area contributed by atoms with E-state index in [9.17, 15) is 9.90 Å². The van der Waals surface area contributed by atoms with Crippen molar-refractivity contribution in [2.45, 2.75) is 26.0 Å². The van der Waals surface area contributed by atoms with E-state index < -0.39 is 6.10 Å². The van der Waals surface area contributed by atoms with E-state index in [4.69, 9.17) is 0 Å². The van der Waals surface area contributed by atoms with Crippen LogP contribution in [0.3, 0.4) is 0 Å². The van der Waals surface area contributed by atoms with E-state index in [-0.39, 0.29) is 11.9 Å². The predicted molar refractivity (Wildman–Crippen MR) is 59.3 cm³/mol. The highest BCUT2D eigenvalue weighted by molar-refractivity contribution is 5.82. The lowest BCUT2D eigenvalue weighted by Crippen LogP contribution is -2.36. The van der Waals surface area contributed by atoms with Gasteiger partial charge in [-0.1, -0.05) is 30.3 Å². The van der Waals surface area contributed by atoms with E-state index in [1.165, 1.54) is 4.90 Å². The lowest BCUT2D eigenvalue weighted by molar-refractivity contribution is -0.140. The fraction of sp³-hybridized carbons (Fsp3) is 0.417. The first-order chi connectivity index (χ1) is 7.04. The van der Waals surface area contributed by atoms with Crippen molar-refractivity contribution in [3.05, 3.63) is 35.9 Å². The molecule has 0 bridgehead atoms. The molecule has 0 fully saturated rings. The van der Waals surface area contributed by atoms with Gasteiger partial charge in [0.2, 0.25) is 0 Å². The quantitative estimate of drug-likeness (QED) is 0.817. The van der Waals surface area contributed by atoms with E-state index in [0.29, 0.717) is 5.56 Å². The highest BCUT2D eigenvalue weighted by atomic mass is 16.3. The van der Waals surface area contributed by atoms with Crippen molar-refractivity contribution < 1.29 is 9.90 Å². The number of benzene rings is 1. The Bertz CT molecular complexity index is 322. The fourth-order valence-corrected chi connectivity index (χ4v) is 1.23. The number of aliphatic hydroxyl groups excluding tert-OH is 1. The molecule has 15 heavy (non-hydrogen) atoms. The third-order valence-electron chi connectivity index (χ3n) is 2.47. The summed E-state index contributed by atoms with van der Waals surface area (Å²) in [5.74, 6) is -0.267. The molecule has 1 amide bonds. The standard InChI is InChI=1S/C12H17NO2/c1-9(2)13(3)12(15)11(14)10-7-5-4-6-8-10/h4-9,11,14H,1-3H3. The minimum absolute atomic E-state index is 0.0934. The Morgan fingerprint density at radius 2 is 1.80 bits per heavy atom. The van der Waals surface area contributed by atoms with E-state index >= 15 is 0 Å². The predicted octanol–water partition coefficient (Wildman–Crippen LogP) is 1.59. The smallest absolute Gasteiger partial charge is 0.256 e. The molecule has 0 aliphatic rings. The molecule has 0 spiro atoms. The number of nitrogens with zero attached hydrogens (tertiary/aromatic N) is 1. The Kier molecular flexibility index (Phi) is 3.86. The van der Waals surface area contributed by atoms with Crippen LogP contribution in [0.5, 0.6) is 0 Å². The molecule has 0 aliphatic carbocycles. The molecule has 0 aliphatic heterocycles. The summed E-state index contributed by atoms with van der Waals surface area (Å²) in [5.41, 5.74) is 0.634. The summed E-state index contributed by atoms with van der Waals surface area (Å²) in [4.78, 5) is 13.3. The summed E-state index contributed by atoms with van der Waals surface area (Å²) in [6.45, 7) is 3.82. The van der Waals surface area contributed by atoms with Crippen LogP contribution in [-0.2, 0) is 4.79 Å². The number of carbonyl (C=O) groups is 1. The van der Waals surface area contributed by atoms with Crippen molar-refractivity contribution in [3.8, 4) is 0 Å². The number of hydrogen-bond acceptors (Lipinski definition) is 2. The van der Waals surface area contributed by atoms with Crippen molar-refractivity contribution in [2.24, 2.45) is 0 Å². The molecular formula is C12H17NO2. The van der Waals surface area contributed by atoms with Crippen LogP contribution in [0.15, 0.2) is 30.3 Å². The molecule has 1 unspecified atom stereocenters. The van der Waals surface area contributed by atoms with Crippen LogP contribution in [0.4, 0.5) is 0 Å². The fourth-order valence-electron chi connectivity index (χ4n) is 1.23. The minimum atomic E-state index is -1.06. The first kappa shape index (κ1) is 11.7. The summed E-state index contributed by atoms with van der Waals surface area (Å²) >= 11 is 0. The Hall–Kier alpha value is -1.35. The van der Waals surface area contributed by atoms with Crippen molar-refractivity contribution in [3.63, 3.8) is 0 Å². The van der Waals surface area contributed by atoms with Crippen LogP contribution in [0.2, 0.25) is 0 Å². The van der Waals surface area contributed by atoms with Gasteiger partial charge in [-0.05, 0) is 19.4 Å². The molecule has 3 nitrogen and oxygen atoms in total. The third-order valence-corrected chi connectivity index (χ3v) is 2.47. The second-order valence-electron chi connectivity index (χ2n) is 3.86. The van der Waals surface area contributed by atoms with Gasteiger partial charge in [0.15, 0.2) is 6.10 Å². The molecule has 1 N–H and O–H groups in total. The van der Waals surface area contributed by atoms with E-state index in [1.54, 1.807) is 31.3 Å². The zero-order valence-electron chi connectivity index (χ0n) is 9.34. The lowest BCUT2D eigenvalue weighted by atomic mass is 10.1. The van der Waals surface area contributed by atoms with Crippen LogP contribution < -0.4 is 0 Å². The lowest BCUT2D eigenvalue weighted by Gasteiger charge is -2.24. The Balaban J connectivity index is 2.78. The van der Waals surface area contributed by atoms with Crippen molar-refractivity contribution >= 4 is 5.91 Å². The van der Waals surface area contributed by atoms with E-state index in [1.807, 2.05) is 19.9 Å². The van der Waals surface area contributed by atoms with Crippen LogP contribution in [-0.4, -0.2) is 29.0 Å². The Morgan fingerprint density at radius 1 is 1.27 bits per heavy atom. The summed E-state index contributed by atoms with van der Waals surface area (Å²) in [7, 11) is 1.69. The molecule has 0 heterocycles. The van der Waals surface area contributed by atoms with Crippen LogP contribution in [0, 0.1) is 0 Å². The molecule has 82 valence electrons. The number of carbonyl (C=O) groups excluding carboxylic acids is 1. The molecular weight excluding hydrogens is 190 g/mol. The summed E-state index contributed by atoms with van der Waals surface area (Å²) in [5, 5.41) is 9.82. The Morgan fingerprint density at radius 3 is 2.27 bits per heavy atom.